The van der Waals surface area contributed by atoms with Crippen LogP contribution in [0.4, 0.5) is 0 Å². The van der Waals surface area contributed by atoms with Gasteiger partial charge in [0.05, 0.1) is 6.61 Å². The summed E-state index contributed by atoms with van der Waals surface area (Å²) < 4.78 is 17.5. The van der Waals surface area contributed by atoms with Gasteiger partial charge in [-0.25, -0.2) is 0 Å². The fourth-order valence-corrected chi connectivity index (χ4v) is 8.15. The van der Waals surface area contributed by atoms with Crippen LogP contribution in [0.3, 0.4) is 0 Å². The lowest BCUT2D eigenvalue weighted by atomic mass is 10.1. The number of rotatable bonds is 54. The molecule has 0 N–H and O–H groups in total. The van der Waals surface area contributed by atoms with Gasteiger partial charge in [0.15, 0.2) is 6.10 Å². The van der Waals surface area contributed by atoms with Gasteiger partial charge in [-0.2, -0.15) is 0 Å². The lowest BCUT2D eigenvalue weighted by Gasteiger charge is -2.18. The molecule has 0 bridgehead atoms. The minimum atomic E-state index is -0.559. The van der Waals surface area contributed by atoms with Crippen molar-refractivity contribution in [3.63, 3.8) is 0 Å². The molecule has 5 nitrogen and oxygen atoms in total. The first-order valence-electron chi connectivity index (χ1n) is 29.8. The summed E-state index contributed by atoms with van der Waals surface area (Å²) in [5, 5.41) is 0. The molecule has 0 aliphatic heterocycles. The van der Waals surface area contributed by atoms with Gasteiger partial charge in [0, 0.05) is 19.4 Å². The molecule has 70 heavy (non-hydrogen) atoms. The molecule has 0 saturated heterocycles. The van der Waals surface area contributed by atoms with E-state index in [1.165, 1.54) is 148 Å². The highest BCUT2D eigenvalue weighted by molar-refractivity contribution is 5.70. The third-order valence-corrected chi connectivity index (χ3v) is 12.6. The molecule has 0 radical (unpaired) electrons. The molecule has 0 rings (SSSR count). The van der Waals surface area contributed by atoms with E-state index in [4.69, 9.17) is 14.2 Å². The average Bonchev–Trinajstić information content (AvgIpc) is 3.36. The third-order valence-electron chi connectivity index (χ3n) is 12.6. The van der Waals surface area contributed by atoms with E-state index in [1.54, 1.807) is 0 Å². The summed E-state index contributed by atoms with van der Waals surface area (Å²) in [6.45, 7) is 7.63. The van der Waals surface area contributed by atoms with Gasteiger partial charge in [-0.3, -0.25) is 9.59 Å². The zero-order valence-electron chi connectivity index (χ0n) is 46.3. The molecule has 0 aliphatic carbocycles. The normalized spacial score (nSPS) is 12.9. The number of allylic oxidation sites excluding steroid dienone is 16. The van der Waals surface area contributed by atoms with Crippen LogP contribution in [0.15, 0.2) is 97.2 Å². The molecule has 402 valence electrons. The molecule has 0 amide bonds. The molecular formula is C65H112O5. The van der Waals surface area contributed by atoms with Gasteiger partial charge in [-0.05, 0) is 122 Å². The highest BCUT2D eigenvalue weighted by Gasteiger charge is 2.17. The van der Waals surface area contributed by atoms with Crippen molar-refractivity contribution < 1.29 is 23.8 Å². The minimum absolute atomic E-state index is 0.0682. The monoisotopic (exact) mass is 973 g/mol. The molecule has 5 heteroatoms. The Labute approximate surface area is 434 Å². The third kappa shape index (κ3) is 57.4. The van der Waals surface area contributed by atoms with E-state index >= 15 is 0 Å². The zero-order valence-corrected chi connectivity index (χ0v) is 46.3. The number of carbonyl (C=O) groups excluding carboxylic acids is 2. The number of carbonyl (C=O) groups is 2. The summed E-state index contributed by atoms with van der Waals surface area (Å²) in [6.07, 6.45) is 81.4. The summed E-state index contributed by atoms with van der Waals surface area (Å²) in [4.78, 5) is 25.6. The molecule has 0 fully saturated rings. The van der Waals surface area contributed by atoms with Crippen molar-refractivity contribution in [3.05, 3.63) is 97.2 Å². The molecule has 0 aromatic rings. The van der Waals surface area contributed by atoms with Crippen LogP contribution >= 0.6 is 0 Å². The number of esters is 2. The summed E-state index contributed by atoms with van der Waals surface area (Å²) in [6, 6.07) is 0. The fraction of sp³-hybridized carbons (Fsp3) is 0.723. The lowest BCUT2D eigenvalue weighted by molar-refractivity contribution is -0.163. The molecule has 0 spiro atoms. The van der Waals surface area contributed by atoms with Crippen molar-refractivity contribution >= 4 is 11.9 Å². The quantitative estimate of drug-likeness (QED) is 0.0345. The largest absolute Gasteiger partial charge is 0.462 e. The van der Waals surface area contributed by atoms with Crippen LogP contribution in [-0.2, 0) is 23.8 Å². The van der Waals surface area contributed by atoms with Gasteiger partial charge < -0.3 is 14.2 Å². The van der Waals surface area contributed by atoms with Crippen molar-refractivity contribution in [3.8, 4) is 0 Å². The fourth-order valence-electron chi connectivity index (χ4n) is 8.15. The number of hydrogen-bond donors (Lipinski definition) is 0. The van der Waals surface area contributed by atoms with Gasteiger partial charge >= 0.3 is 11.9 Å². The first-order chi connectivity index (χ1) is 34.6. The number of hydrogen-bond acceptors (Lipinski definition) is 5. The summed E-state index contributed by atoms with van der Waals surface area (Å²) >= 11 is 0. The summed E-state index contributed by atoms with van der Waals surface area (Å²) in [5.41, 5.74) is 0. The van der Waals surface area contributed by atoms with E-state index in [0.29, 0.717) is 19.4 Å². The van der Waals surface area contributed by atoms with Crippen LogP contribution in [0, 0.1) is 0 Å². The maximum absolute atomic E-state index is 12.9. The predicted octanol–water partition coefficient (Wildman–Crippen LogP) is 20.6. The summed E-state index contributed by atoms with van der Waals surface area (Å²) in [5.74, 6) is -0.418. The van der Waals surface area contributed by atoms with E-state index in [1.807, 2.05) is 0 Å². The SMILES string of the molecule is CC/C=C\C/C=C\C/C=C\C/C=C\CCCCCCCOCC(COC(=O)CCCCCCCCCCC/C=C\C/C=C\CCCCC)OC(=O)CCCCCCCCC/C=C\C/C=C\CCCCC. The highest BCUT2D eigenvalue weighted by Crippen LogP contribution is 2.15. The minimum Gasteiger partial charge on any atom is -0.462 e. The van der Waals surface area contributed by atoms with E-state index in [0.717, 1.165) is 96.3 Å². The Bertz CT molecular complexity index is 1330. The standard InChI is InChI=1S/C65H112O5/c1-4-7-10-13-16-19-22-25-28-31-33-35-37-40-43-46-49-52-55-58-64(66)69-62-63(61-68-60-57-54-51-48-45-42-39-36-32-29-26-23-20-17-14-11-8-5-2)70-65(67)59-56-53-50-47-44-41-38-34-30-27-24-21-18-15-12-9-6-3/h8,11,16-21,25-30,36,39,63H,4-7,9-10,12-15,22-24,31-35,37-38,40-62H2,1-3H3/b11-8-,19-16-,20-17-,21-18-,28-25-,29-26-,30-27-,39-36-. The van der Waals surface area contributed by atoms with E-state index in [2.05, 4.69) is 118 Å². The van der Waals surface area contributed by atoms with Gasteiger partial charge in [-0.15, -0.1) is 0 Å². The Hall–Kier alpha value is -3.18. The number of ether oxygens (including phenoxy) is 3. The molecule has 0 saturated carbocycles. The van der Waals surface area contributed by atoms with Crippen molar-refractivity contribution in [2.45, 2.75) is 284 Å². The maximum Gasteiger partial charge on any atom is 0.306 e. The van der Waals surface area contributed by atoms with E-state index in [9.17, 15) is 9.59 Å². The molecule has 0 aromatic carbocycles. The van der Waals surface area contributed by atoms with Gasteiger partial charge in [0.25, 0.3) is 0 Å². The highest BCUT2D eigenvalue weighted by atomic mass is 16.6. The predicted molar refractivity (Wildman–Crippen MR) is 306 cm³/mol. The van der Waals surface area contributed by atoms with Gasteiger partial charge in [-0.1, -0.05) is 240 Å². The molecule has 0 aromatic heterocycles. The molecular weight excluding hydrogens is 861 g/mol. The Morgan fingerprint density at radius 2 is 0.643 bits per heavy atom. The van der Waals surface area contributed by atoms with Gasteiger partial charge in [0.1, 0.15) is 6.61 Å². The van der Waals surface area contributed by atoms with Crippen LogP contribution in [0.2, 0.25) is 0 Å². The first kappa shape index (κ1) is 66.8. The van der Waals surface area contributed by atoms with Gasteiger partial charge in [0.2, 0.25) is 0 Å². The van der Waals surface area contributed by atoms with Crippen LogP contribution in [-0.4, -0.2) is 37.9 Å². The van der Waals surface area contributed by atoms with Crippen molar-refractivity contribution in [2.75, 3.05) is 19.8 Å². The average molecular weight is 974 g/mol. The molecule has 0 heterocycles. The molecule has 1 unspecified atom stereocenters. The second-order valence-electron chi connectivity index (χ2n) is 19.5. The molecule has 0 aliphatic rings. The second-order valence-corrected chi connectivity index (χ2v) is 19.5. The van der Waals surface area contributed by atoms with Crippen molar-refractivity contribution in [2.24, 2.45) is 0 Å². The van der Waals surface area contributed by atoms with Crippen molar-refractivity contribution in [1.29, 1.82) is 0 Å². The van der Waals surface area contributed by atoms with E-state index < -0.39 is 6.10 Å². The second kappa shape index (κ2) is 60.1. The first-order valence-corrected chi connectivity index (χ1v) is 29.8. The number of unbranched alkanes of at least 4 members (excludes halogenated alkanes) is 27. The van der Waals surface area contributed by atoms with E-state index in [-0.39, 0.29) is 25.2 Å². The smallest absolute Gasteiger partial charge is 0.306 e. The topological polar surface area (TPSA) is 61.8 Å². The lowest BCUT2D eigenvalue weighted by Crippen LogP contribution is -2.30. The molecule has 1 atom stereocenters. The zero-order chi connectivity index (χ0) is 50.6. The Balaban J connectivity index is 4.34. The Kier molecular flexibility index (Phi) is 57.4. The van der Waals surface area contributed by atoms with Crippen LogP contribution < -0.4 is 0 Å². The van der Waals surface area contributed by atoms with Crippen LogP contribution in [0.1, 0.15) is 278 Å². The van der Waals surface area contributed by atoms with Crippen LogP contribution in [0.5, 0.6) is 0 Å². The van der Waals surface area contributed by atoms with Crippen molar-refractivity contribution in [1.82, 2.24) is 0 Å². The Morgan fingerprint density at radius 3 is 1.03 bits per heavy atom. The Morgan fingerprint density at radius 1 is 0.329 bits per heavy atom. The summed E-state index contributed by atoms with van der Waals surface area (Å²) in [7, 11) is 0. The van der Waals surface area contributed by atoms with Crippen LogP contribution in [0.25, 0.3) is 0 Å². The maximum atomic E-state index is 12.9.